The SMILES string of the molecule is C=CCC(CC(F)(F)C(F)(F)C(F)(F)C(F)(F)F)OC(=O)C=CC(=O)O. The van der Waals surface area contributed by atoms with Gasteiger partial charge in [0.15, 0.2) is 0 Å². The van der Waals surface area contributed by atoms with E-state index in [0.29, 0.717) is 0 Å². The average molecular weight is 402 g/mol. The fraction of sp³-hybridized carbons (Fsp3) is 0.538. The third-order valence-electron chi connectivity index (χ3n) is 2.77. The minimum Gasteiger partial charge on any atom is -0.478 e. The zero-order valence-corrected chi connectivity index (χ0v) is 12.5. The number of esters is 1. The van der Waals surface area contributed by atoms with Gasteiger partial charge in [0.25, 0.3) is 0 Å². The van der Waals surface area contributed by atoms with Crippen LogP contribution in [0.4, 0.5) is 39.5 Å². The summed E-state index contributed by atoms with van der Waals surface area (Å²) in [6.45, 7) is 3.00. The number of carbonyl (C=O) groups is 2. The molecule has 0 aromatic rings. The van der Waals surface area contributed by atoms with Gasteiger partial charge in [-0.25, -0.2) is 9.59 Å². The van der Waals surface area contributed by atoms with Gasteiger partial charge in [-0.2, -0.15) is 39.5 Å². The van der Waals surface area contributed by atoms with Gasteiger partial charge in [-0.3, -0.25) is 0 Å². The molecule has 0 spiro atoms. The molecule has 0 rings (SSSR count). The minimum absolute atomic E-state index is 0.192. The van der Waals surface area contributed by atoms with Gasteiger partial charge < -0.3 is 9.84 Å². The van der Waals surface area contributed by atoms with Crippen LogP contribution in [0.3, 0.4) is 0 Å². The van der Waals surface area contributed by atoms with Gasteiger partial charge in [0, 0.05) is 18.6 Å². The van der Waals surface area contributed by atoms with Crippen molar-refractivity contribution in [3.05, 3.63) is 24.8 Å². The highest BCUT2D eigenvalue weighted by atomic mass is 19.4. The van der Waals surface area contributed by atoms with Crippen LogP contribution in [0.1, 0.15) is 12.8 Å². The lowest BCUT2D eigenvalue weighted by molar-refractivity contribution is -0.398. The Morgan fingerprint density at radius 3 is 1.85 bits per heavy atom. The highest BCUT2D eigenvalue weighted by Crippen LogP contribution is 2.54. The monoisotopic (exact) mass is 402 g/mol. The zero-order valence-electron chi connectivity index (χ0n) is 12.5. The molecule has 0 saturated heterocycles. The number of aliphatic carboxylic acids is 1. The first-order valence-electron chi connectivity index (χ1n) is 6.42. The van der Waals surface area contributed by atoms with Crippen molar-refractivity contribution in [3.8, 4) is 0 Å². The van der Waals surface area contributed by atoms with E-state index >= 15 is 0 Å². The molecule has 0 aliphatic carbocycles. The largest absolute Gasteiger partial charge is 0.478 e. The molecule has 0 aliphatic rings. The Morgan fingerprint density at radius 2 is 1.46 bits per heavy atom. The summed E-state index contributed by atoms with van der Waals surface area (Å²) in [6.07, 6.45) is -11.3. The third-order valence-corrected chi connectivity index (χ3v) is 2.77. The Balaban J connectivity index is 5.51. The van der Waals surface area contributed by atoms with E-state index in [1.165, 1.54) is 0 Å². The van der Waals surface area contributed by atoms with Gasteiger partial charge in [-0.1, -0.05) is 6.08 Å². The number of carbonyl (C=O) groups excluding carboxylic acids is 1. The molecule has 13 heteroatoms. The highest BCUT2D eigenvalue weighted by molar-refractivity contribution is 5.90. The molecule has 0 fully saturated rings. The molecule has 0 bridgehead atoms. The number of alkyl halides is 9. The van der Waals surface area contributed by atoms with Crippen LogP contribution in [-0.2, 0) is 14.3 Å². The van der Waals surface area contributed by atoms with Crippen LogP contribution in [0.2, 0.25) is 0 Å². The van der Waals surface area contributed by atoms with E-state index in [4.69, 9.17) is 5.11 Å². The molecule has 4 nitrogen and oxygen atoms in total. The van der Waals surface area contributed by atoms with Crippen LogP contribution in [0.25, 0.3) is 0 Å². The summed E-state index contributed by atoms with van der Waals surface area (Å²) in [5.74, 6) is -23.1. The maximum absolute atomic E-state index is 13.5. The Labute approximate surface area is 139 Å². The Kier molecular flexibility index (Phi) is 7.32. The first-order chi connectivity index (χ1) is 11.5. The minimum atomic E-state index is -7.06. The van der Waals surface area contributed by atoms with Crippen LogP contribution in [0.15, 0.2) is 24.8 Å². The van der Waals surface area contributed by atoms with Crippen molar-refractivity contribution in [2.75, 3.05) is 0 Å². The highest BCUT2D eigenvalue weighted by Gasteiger charge is 2.81. The van der Waals surface area contributed by atoms with Crippen LogP contribution >= 0.6 is 0 Å². The van der Waals surface area contributed by atoms with Gasteiger partial charge in [-0.05, 0) is 0 Å². The first kappa shape index (κ1) is 23.8. The molecule has 0 heterocycles. The van der Waals surface area contributed by atoms with E-state index in [9.17, 15) is 49.1 Å². The predicted octanol–water partition coefficient (Wildman–Crippen LogP) is 3.97. The smallest absolute Gasteiger partial charge is 0.460 e. The molecule has 1 N–H and O–H groups in total. The van der Waals surface area contributed by atoms with E-state index in [-0.39, 0.29) is 12.2 Å². The van der Waals surface area contributed by atoms with E-state index in [0.717, 1.165) is 6.08 Å². The summed E-state index contributed by atoms with van der Waals surface area (Å²) >= 11 is 0. The van der Waals surface area contributed by atoms with Gasteiger partial charge in [0.1, 0.15) is 6.10 Å². The van der Waals surface area contributed by atoms with Crippen molar-refractivity contribution in [2.24, 2.45) is 0 Å². The molecule has 0 aromatic carbocycles. The summed E-state index contributed by atoms with van der Waals surface area (Å²) < 4.78 is 119. The van der Waals surface area contributed by atoms with E-state index in [1.807, 2.05) is 0 Å². The van der Waals surface area contributed by atoms with Crippen molar-refractivity contribution in [1.29, 1.82) is 0 Å². The van der Waals surface area contributed by atoms with Crippen molar-refractivity contribution < 1.29 is 58.9 Å². The molecule has 0 saturated carbocycles. The number of hydrogen-bond acceptors (Lipinski definition) is 3. The molecule has 0 aliphatic heterocycles. The quantitative estimate of drug-likeness (QED) is 0.274. The van der Waals surface area contributed by atoms with Crippen molar-refractivity contribution in [1.82, 2.24) is 0 Å². The molecule has 0 aromatic heterocycles. The molecular weight excluding hydrogens is 391 g/mol. The fourth-order valence-corrected chi connectivity index (χ4v) is 1.52. The van der Waals surface area contributed by atoms with E-state index < -0.39 is 54.8 Å². The lowest BCUT2D eigenvalue weighted by Gasteiger charge is -2.34. The van der Waals surface area contributed by atoms with Gasteiger partial charge >= 0.3 is 35.9 Å². The summed E-state index contributed by atoms with van der Waals surface area (Å²) in [5, 5.41) is 8.24. The molecule has 0 amide bonds. The number of ether oxygens (including phenoxy) is 1. The molecule has 0 radical (unpaired) electrons. The zero-order chi connectivity index (χ0) is 21.0. The third kappa shape index (κ3) is 5.39. The average Bonchev–Trinajstić information content (AvgIpc) is 2.43. The van der Waals surface area contributed by atoms with E-state index in [2.05, 4.69) is 11.3 Å². The van der Waals surface area contributed by atoms with Crippen LogP contribution in [0, 0.1) is 0 Å². The number of rotatable bonds is 9. The van der Waals surface area contributed by atoms with Crippen molar-refractivity contribution >= 4 is 11.9 Å². The second-order valence-corrected chi connectivity index (χ2v) is 4.81. The predicted molar refractivity (Wildman–Crippen MR) is 67.0 cm³/mol. The Bertz CT molecular complexity index is 566. The summed E-state index contributed by atoms with van der Waals surface area (Å²) in [5.41, 5.74) is 0. The standard InChI is InChI=1S/C13H11F9O4/c1-2-3-7(26-9(25)5-4-8(23)24)6-10(14,15)11(16,17)12(18,19)13(20,21)22/h2,4-5,7H,1,3,6H2,(H,23,24). The van der Waals surface area contributed by atoms with Gasteiger partial charge in [-0.15, -0.1) is 6.58 Å². The first-order valence-corrected chi connectivity index (χ1v) is 6.42. The Morgan fingerprint density at radius 1 is 0.962 bits per heavy atom. The van der Waals surface area contributed by atoms with Crippen molar-refractivity contribution in [3.63, 3.8) is 0 Å². The number of halogens is 9. The lowest BCUT2D eigenvalue weighted by Crippen LogP contribution is -2.61. The van der Waals surface area contributed by atoms with Gasteiger partial charge in [0.05, 0.1) is 6.42 Å². The maximum atomic E-state index is 13.5. The molecule has 1 unspecified atom stereocenters. The van der Waals surface area contributed by atoms with E-state index in [1.54, 1.807) is 0 Å². The maximum Gasteiger partial charge on any atom is 0.460 e. The van der Waals surface area contributed by atoms with Crippen LogP contribution < -0.4 is 0 Å². The second-order valence-electron chi connectivity index (χ2n) is 4.81. The molecule has 26 heavy (non-hydrogen) atoms. The van der Waals surface area contributed by atoms with Crippen LogP contribution in [-0.4, -0.2) is 47.1 Å². The summed E-state index contributed by atoms with van der Waals surface area (Å²) in [4.78, 5) is 21.3. The fourth-order valence-electron chi connectivity index (χ4n) is 1.52. The van der Waals surface area contributed by atoms with Gasteiger partial charge in [0.2, 0.25) is 0 Å². The topological polar surface area (TPSA) is 63.6 Å². The molecule has 1 atom stereocenters. The molecule has 150 valence electrons. The van der Waals surface area contributed by atoms with Crippen molar-refractivity contribution in [2.45, 2.75) is 42.9 Å². The normalized spacial score (nSPS) is 15.0. The second kappa shape index (κ2) is 7.99. The molecular formula is C13H11F9O4. The Hall–Kier alpha value is -2.21. The number of hydrogen-bond donors (Lipinski definition) is 1. The number of carboxylic acids is 1. The number of carboxylic acid groups (broad SMARTS) is 1. The lowest BCUT2D eigenvalue weighted by atomic mass is 9.97. The van der Waals surface area contributed by atoms with Crippen LogP contribution in [0.5, 0.6) is 0 Å². The summed E-state index contributed by atoms with van der Waals surface area (Å²) in [7, 11) is 0. The summed E-state index contributed by atoms with van der Waals surface area (Å²) in [6, 6.07) is 0.